The molecule has 3 amide bonds. The van der Waals surface area contributed by atoms with Gasteiger partial charge in [0.15, 0.2) is 11.5 Å². The molecule has 1 heterocycles. The molecule has 0 aromatic heterocycles. The van der Waals surface area contributed by atoms with Crippen LogP contribution in [-0.2, 0) is 15.8 Å². The fraction of sp³-hybridized carbons (Fsp3) is 0.227. The van der Waals surface area contributed by atoms with Crippen LogP contribution in [0.15, 0.2) is 41.3 Å². The highest BCUT2D eigenvalue weighted by atomic mass is 32.2. The summed E-state index contributed by atoms with van der Waals surface area (Å²) in [5.41, 5.74) is -0.763. The Morgan fingerprint density at radius 2 is 1.76 bits per heavy atom. The van der Waals surface area contributed by atoms with Gasteiger partial charge in [0.2, 0.25) is 5.91 Å². The molecule has 2 aromatic rings. The number of hydrogen-bond donors (Lipinski definition) is 1. The zero-order valence-corrected chi connectivity index (χ0v) is 19.0. The van der Waals surface area contributed by atoms with Crippen LogP contribution in [0.5, 0.6) is 17.2 Å². The smallest absolute Gasteiger partial charge is 0.416 e. The van der Waals surface area contributed by atoms with E-state index >= 15 is 0 Å². The zero-order chi connectivity index (χ0) is 25.0. The molecule has 0 bridgehead atoms. The van der Waals surface area contributed by atoms with Crippen LogP contribution in [0, 0.1) is 0 Å². The van der Waals surface area contributed by atoms with Crippen LogP contribution in [0.2, 0.25) is 0 Å². The number of nitrogens with one attached hydrogen (secondary N) is 1. The van der Waals surface area contributed by atoms with Gasteiger partial charge < -0.3 is 19.5 Å². The summed E-state index contributed by atoms with van der Waals surface area (Å²) in [6.45, 7) is -0.698. The zero-order valence-electron chi connectivity index (χ0n) is 18.2. The van der Waals surface area contributed by atoms with Gasteiger partial charge >= 0.3 is 6.18 Å². The summed E-state index contributed by atoms with van der Waals surface area (Å²) in [6, 6.07) is 7.56. The Hall–Kier alpha value is -3.67. The maximum absolute atomic E-state index is 13.0. The standard InChI is InChI=1S/C22H19F3N2O6S/c1-31-15-8-7-13(22(23,24)25)10-14(15)26-18(28)11-27-20(29)17(34-21(27)30)9-12-5-4-6-16(32-2)19(12)33-3/h4-10H,11H2,1-3H3,(H,26,28)/b17-9-. The number of carbonyl (C=O) groups is 3. The molecule has 0 saturated carbocycles. The molecule has 34 heavy (non-hydrogen) atoms. The second-order valence-electron chi connectivity index (χ2n) is 6.81. The van der Waals surface area contributed by atoms with Crippen LogP contribution in [0.4, 0.5) is 23.7 Å². The van der Waals surface area contributed by atoms with E-state index in [1.54, 1.807) is 18.2 Å². The van der Waals surface area contributed by atoms with Crippen molar-refractivity contribution in [2.45, 2.75) is 6.18 Å². The molecule has 0 atom stereocenters. The molecular formula is C22H19F3N2O6S. The topological polar surface area (TPSA) is 94.2 Å². The molecule has 1 fully saturated rings. The molecule has 0 spiro atoms. The molecular weight excluding hydrogens is 477 g/mol. The van der Waals surface area contributed by atoms with Crippen LogP contribution in [-0.4, -0.2) is 49.8 Å². The van der Waals surface area contributed by atoms with Crippen LogP contribution < -0.4 is 19.5 Å². The van der Waals surface area contributed by atoms with Gasteiger partial charge in [-0.2, -0.15) is 13.2 Å². The van der Waals surface area contributed by atoms with Gasteiger partial charge in [0, 0.05) is 5.56 Å². The largest absolute Gasteiger partial charge is 0.495 e. The number of carbonyl (C=O) groups excluding carboxylic acids is 3. The van der Waals surface area contributed by atoms with Crippen molar-refractivity contribution >= 4 is 40.6 Å². The third-order valence-electron chi connectivity index (χ3n) is 4.70. The quantitative estimate of drug-likeness (QED) is 0.568. The molecule has 1 saturated heterocycles. The Morgan fingerprint density at radius 3 is 2.38 bits per heavy atom. The van der Waals surface area contributed by atoms with Crippen molar-refractivity contribution in [3.8, 4) is 17.2 Å². The molecule has 2 aromatic carbocycles. The third kappa shape index (κ3) is 5.28. The van der Waals surface area contributed by atoms with Gasteiger partial charge in [0.25, 0.3) is 11.1 Å². The number of halogens is 3. The average Bonchev–Trinajstić information content (AvgIpc) is 3.05. The molecule has 180 valence electrons. The predicted octanol–water partition coefficient (Wildman–Crippen LogP) is 4.41. The monoisotopic (exact) mass is 496 g/mol. The molecule has 1 aliphatic heterocycles. The first-order valence-electron chi connectivity index (χ1n) is 9.60. The van der Waals surface area contributed by atoms with E-state index in [2.05, 4.69) is 5.32 Å². The number of benzene rings is 2. The summed E-state index contributed by atoms with van der Waals surface area (Å²) < 4.78 is 54.6. The number of imide groups is 1. The maximum atomic E-state index is 13.0. The van der Waals surface area contributed by atoms with E-state index < -0.39 is 35.3 Å². The minimum absolute atomic E-state index is 0.0134. The highest BCUT2D eigenvalue weighted by Crippen LogP contribution is 2.38. The van der Waals surface area contributed by atoms with E-state index in [1.807, 2.05) is 0 Å². The first kappa shape index (κ1) is 25.0. The molecule has 12 heteroatoms. The van der Waals surface area contributed by atoms with Gasteiger partial charge in [-0.15, -0.1) is 0 Å². The minimum atomic E-state index is -4.63. The SMILES string of the molecule is COc1ccc(C(F)(F)F)cc1NC(=O)CN1C(=O)S/C(=C\c2cccc(OC)c2OC)C1=O. The van der Waals surface area contributed by atoms with Crippen molar-refractivity contribution in [2.75, 3.05) is 33.2 Å². The first-order chi connectivity index (χ1) is 16.1. The van der Waals surface area contributed by atoms with E-state index in [4.69, 9.17) is 14.2 Å². The van der Waals surface area contributed by atoms with Crippen LogP contribution in [0.1, 0.15) is 11.1 Å². The Balaban J connectivity index is 1.79. The lowest BCUT2D eigenvalue weighted by atomic mass is 10.1. The lowest BCUT2D eigenvalue weighted by molar-refractivity contribution is -0.137. The van der Waals surface area contributed by atoms with Crippen molar-refractivity contribution in [3.63, 3.8) is 0 Å². The van der Waals surface area contributed by atoms with Crippen molar-refractivity contribution in [2.24, 2.45) is 0 Å². The summed E-state index contributed by atoms with van der Waals surface area (Å²) in [4.78, 5) is 38.4. The number of methoxy groups -OCH3 is 3. The van der Waals surface area contributed by atoms with Gasteiger partial charge in [-0.25, -0.2) is 0 Å². The fourth-order valence-corrected chi connectivity index (χ4v) is 3.95. The summed E-state index contributed by atoms with van der Waals surface area (Å²) in [5, 5.41) is 1.56. The van der Waals surface area contributed by atoms with E-state index in [0.717, 1.165) is 12.1 Å². The van der Waals surface area contributed by atoms with E-state index in [9.17, 15) is 27.6 Å². The van der Waals surface area contributed by atoms with Gasteiger partial charge in [-0.1, -0.05) is 12.1 Å². The summed E-state index contributed by atoms with van der Waals surface area (Å²) in [5.74, 6) is -0.845. The normalized spacial score (nSPS) is 15.0. The number of ether oxygens (including phenoxy) is 3. The van der Waals surface area contributed by atoms with Crippen molar-refractivity contribution in [1.82, 2.24) is 4.90 Å². The van der Waals surface area contributed by atoms with Gasteiger partial charge in [0.1, 0.15) is 12.3 Å². The van der Waals surface area contributed by atoms with Crippen LogP contribution in [0.3, 0.4) is 0 Å². The number of nitrogens with zero attached hydrogens (tertiary/aromatic N) is 1. The Labute approximate surface area is 196 Å². The van der Waals surface area contributed by atoms with Crippen LogP contribution >= 0.6 is 11.8 Å². The van der Waals surface area contributed by atoms with Gasteiger partial charge in [0.05, 0.1) is 37.5 Å². The second kappa shape index (κ2) is 10.1. The average molecular weight is 496 g/mol. The molecule has 1 aliphatic rings. The van der Waals surface area contributed by atoms with E-state index in [-0.39, 0.29) is 16.3 Å². The number of hydrogen-bond acceptors (Lipinski definition) is 7. The highest BCUT2D eigenvalue weighted by Gasteiger charge is 2.37. The number of rotatable bonds is 7. The second-order valence-corrected chi connectivity index (χ2v) is 7.80. The molecule has 0 unspecified atom stereocenters. The lowest BCUT2D eigenvalue weighted by Gasteiger charge is -2.16. The van der Waals surface area contributed by atoms with E-state index in [1.165, 1.54) is 27.4 Å². The Kier molecular flexibility index (Phi) is 7.40. The third-order valence-corrected chi connectivity index (χ3v) is 5.60. The molecule has 1 N–H and O–H groups in total. The number of amides is 3. The van der Waals surface area contributed by atoms with Crippen molar-refractivity contribution in [1.29, 1.82) is 0 Å². The van der Waals surface area contributed by atoms with Gasteiger partial charge in [-0.3, -0.25) is 19.3 Å². The number of alkyl halides is 3. The molecule has 3 rings (SSSR count). The van der Waals surface area contributed by atoms with Crippen molar-refractivity contribution in [3.05, 3.63) is 52.4 Å². The molecule has 0 aliphatic carbocycles. The first-order valence-corrected chi connectivity index (χ1v) is 10.4. The molecule has 0 radical (unpaired) electrons. The summed E-state index contributed by atoms with van der Waals surface area (Å²) >= 11 is 0.620. The lowest BCUT2D eigenvalue weighted by Crippen LogP contribution is -2.36. The predicted molar refractivity (Wildman–Crippen MR) is 119 cm³/mol. The van der Waals surface area contributed by atoms with Crippen molar-refractivity contribution < 1.29 is 41.8 Å². The minimum Gasteiger partial charge on any atom is -0.495 e. The number of thioether (sulfide) groups is 1. The van der Waals surface area contributed by atoms with Crippen LogP contribution in [0.25, 0.3) is 6.08 Å². The fourth-order valence-electron chi connectivity index (χ4n) is 3.12. The summed E-state index contributed by atoms with van der Waals surface area (Å²) in [6.07, 6.45) is -3.20. The highest BCUT2D eigenvalue weighted by molar-refractivity contribution is 8.18. The summed E-state index contributed by atoms with van der Waals surface area (Å²) in [7, 11) is 4.10. The van der Waals surface area contributed by atoms with E-state index in [0.29, 0.717) is 39.8 Å². The maximum Gasteiger partial charge on any atom is 0.416 e. The Bertz CT molecular complexity index is 1170. The number of anilines is 1. The van der Waals surface area contributed by atoms with Gasteiger partial charge in [-0.05, 0) is 42.1 Å². The number of para-hydroxylation sites is 1. The molecule has 8 nitrogen and oxygen atoms in total. The Morgan fingerprint density at radius 1 is 1.06 bits per heavy atom.